The molecule has 0 unspecified atom stereocenters. The molecule has 0 aliphatic rings. The molecule has 2 nitrogen and oxygen atoms in total. The molecule has 0 bridgehead atoms. The standard InChI is InChI=1S/C7H6N2.2CH3Cl/c1-2-4-7-6(3-1)8-5-9-7;2*1-2/h1-5H,(H,8,9);2*1H3. The summed E-state index contributed by atoms with van der Waals surface area (Å²) in [6, 6.07) is 7.94. The number of fused-ring (bicyclic) bond motifs is 1. The van der Waals surface area contributed by atoms with Gasteiger partial charge in [-0.3, -0.25) is 0 Å². The number of aromatic amines is 1. The zero-order chi connectivity index (χ0) is 10.1. The van der Waals surface area contributed by atoms with Crippen molar-refractivity contribution in [1.82, 2.24) is 9.97 Å². The van der Waals surface area contributed by atoms with Crippen LogP contribution < -0.4 is 0 Å². The molecule has 1 heterocycles. The van der Waals surface area contributed by atoms with Crippen molar-refractivity contribution in [2.75, 3.05) is 12.8 Å². The summed E-state index contributed by atoms with van der Waals surface area (Å²) in [5.41, 5.74) is 2.12. The lowest BCUT2D eigenvalue weighted by Crippen LogP contribution is -1.63. The Hall–Kier alpha value is -0.730. The number of para-hydroxylation sites is 2. The molecule has 0 saturated heterocycles. The van der Waals surface area contributed by atoms with Crippen molar-refractivity contribution in [3.63, 3.8) is 0 Å². The van der Waals surface area contributed by atoms with E-state index in [-0.39, 0.29) is 0 Å². The van der Waals surface area contributed by atoms with Crippen LogP contribution in [0.1, 0.15) is 0 Å². The van der Waals surface area contributed by atoms with E-state index in [1.807, 2.05) is 24.3 Å². The second-order valence-electron chi connectivity index (χ2n) is 1.92. The number of alkyl halides is 2. The Morgan fingerprint density at radius 2 is 1.69 bits per heavy atom. The molecule has 2 aromatic rings. The molecule has 0 saturated carbocycles. The van der Waals surface area contributed by atoms with Crippen LogP contribution >= 0.6 is 23.2 Å². The molecule has 13 heavy (non-hydrogen) atoms. The number of halogens is 2. The lowest BCUT2D eigenvalue weighted by atomic mass is 10.3. The Balaban J connectivity index is 0.000000322. The average Bonchev–Trinajstić information content (AvgIpc) is 2.71. The Kier molecular flexibility index (Phi) is 7.45. The fourth-order valence-electron chi connectivity index (χ4n) is 0.880. The number of benzene rings is 1. The maximum atomic E-state index is 4.64. The highest BCUT2D eigenvalue weighted by molar-refractivity contribution is 6.15. The summed E-state index contributed by atoms with van der Waals surface area (Å²) in [6.07, 6.45) is 4.64. The molecule has 1 aromatic carbocycles. The van der Waals surface area contributed by atoms with Crippen molar-refractivity contribution in [3.05, 3.63) is 30.6 Å². The molecular formula is C9H12Cl2N2. The summed E-state index contributed by atoms with van der Waals surface area (Å²) in [5.74, 6) is 0. The van der Waals surface area contributed by atoms with Crippen LogP contribution in [0.15, 0.2) is 30.6 Å². The van der Waals surface area contributed by atoms with Gasteiger partial charge in [0.15, 0.2) is 0 Å². The van der Waals surface area contributed by atoms with Crippen molar-refractivity contribution in [1.29, 1.82) is 0 Å². The molecule has 0 aliphatic heterocycles. The monoisotopic (exact) mass is 218 g/mol. The second kappa shape index (κ2) is 7.90. The van der Waals surface area contributed by atoms with E-state index < -0.39 is 0 Å². The summed E-state index contributed by atoms with van der Waals surface area (Å²) in [4.78, 5) is 7.07. The average molecular weight is 219 g/mol. The molecule has 0 amide bonds. The van der Waals surface area contributed by atoms with Crippen molar-refractivity contribution >= 4 is 34.2 Å². The molecule has 0 spiro atoms. The van der Waals surface area contributed by atoms with E-state index in [1.54, 1.807) is 6.33 Å². The number of hydrogen-bond donors (Lipinski definition) is 1. The molecule has 4 heteroatoms. The van der Waals surface area contributed by atoms with E-state index in [1.165, 1.54) is 12.8 Å². The van der Waals surface area contributed by atoms with Crippen molar-refractivity contribution in [3.8, 4) is 0 Å². The van der Waals surface area contributed by atoms with Gasteiger partial charge in [0.05, 0.1) is 17.4 Å². The largest absolute Gasteiger partial charge is 0.345 e. The van der Waals surface area contributed by atoms with E-state index in [4.69, 9.17) is 0 Å². The fourth-order valence-corrected chi connectivity index (χ4v) is 0.880. The third-order valence-corrected chi connectivity index (χ3v) is 1.33. The van der Waals surface area contributed by atoms with Crippen LogP contribution in [0, 0.1) is 0 Å². The van der Waals surface area contributed by atoms with Gasteiger partial charge in [-0.05, 0) is 12.1 Å². The van der Waals surface area contributed by atoms with Gasteiger partial charge in [-0.25, -0.2) is 4.98 Å². The highest BCUT2D eigenvalue weighted by Crippen LogP contribution is 2.05. The van der Waals surface area contributed by atoms with Gasteiger partial charge in [0.25, 0.3) is 0 Å². The number of hydrogen-bond acceptors (Lipinski definition) is 1. The molecule has 0 aliphatic carbocycles. The fraction of sp³-hybridized carbons (Fsp3) is 0.222. The lowest BCUT2D eigenvalue weighted by Gasteiger charge is -1.81. The predicted octanol–water partition coefficient (Wildman–Crippen LogP) is 3.27. The van der Waals surface area contributed by atoms with Crippen molar-refractivity contribution in [2.45, 2.75) is 0 Å². The van der Waals surface area contributed by atoms with Gasteiger partial charge in [-0.15, -0.1) is 23.2 Å². The molecule has 0 fully saturated rings. The van der Waals surface area contributed by atoms with Crippen LogP contribution in [-0.4, -0.2) is 22.7 Å². The summed E-state index contributed by atoms with van der Waals surface area (Å²) in [5, 5.41) is 0. The first kappa shape index (κ1) is 12.3. The van der Waals surface area contributed by atoms with Crippen molar-refractivity contribution < 1.29 is 0 Å². The molecule has 2 rings (SSSR count). The van der Waals surface area contributed by atoms with Crippen LogP contribution in [0.5, 0.6) is 0 Å². The van der Waals surface area contributed by atoms with Crippen LogP contribution in [0.4, 0.5) is 0 Å². The number of imidazole rings is 1. The summed E-state index contributed by atoms with van der Waals surface area (Å²) in [7, 11) is 0. The summed E-state index contributed by atoms with van der Waals surface area (Å²) in [6.45, 7) is 0. The first-order chi connectivity index (χ1) is 6.47. The van der Waals surface area contributed by atoms with Gasteiger partial charge < -0.3 is 4.98 Å². The molecule has 0 atom stereocenters. The Labute approximate surface area is 87.9 Å². The van der Waals surface area contributed by atoms with Crippen LogP contribution in [0.3, 0.4) is 0 Å². The third kappa shape index (κ3) is 3.66. The van der Waals surface area contributed by atoms with Gasteiger partial charge >= 0.3 is 0 Å². The molecule has 72 valence electrons. The first-order valence-electron chi connectivity index (χ1n) is 3.60. The minimum atomic E-state index is 1.03. The van der Waals surface area contributed by atoms with E-state index in [0.717, 1.165) is 11.0 Å². The third-order valence-electron chi connectivity index (χ3n) is 1.33. The summed E-state index contributed by atoms with van der Waals surface area (Å²) >= 11 is 9.28. The number of aromatic nitrogens is 2. The van der Waals surface area contributed by atoms with Gasteiger partial charge in [0, 0.05) is 12.8 Å². The van der Waals surface area contributed by atoms with E-state index in [9.17, 15) is 0 Å². The van der Waals surface area contributed by atoms with Crippen LogP contribution in [-0.2, 0) is 0 Å². The highest BCUT2D eigenvalue weighted by Gasteiger charge is 1.88. The Bertz CT molecular complexity index is 290. The van der Waals surface area contributed by atoms with Crippen LogP contribution in [0.2, 0.25) is 0 Å². The van der Waals surface area contributed by atoms with Crippen LogP contribution in [0.25, 0.3) is 11.0 Å². The minimum absolute atomic E-state index is 1.03. The normalized spacial score (nSPS) is 8.00. The predicted molar refractivity (Wildman–Crippen MR) is 59.6 cm³/mol. The lowest BCUT2D eigenvalue weighted by molar-refractivity contribution is 1.34. The molecule has 1 aromatic heterocycles. The Morgan fingerprint density at radius 3 is 2.31 bits per heavy atom. The number of nitrogens with one attached hydrogen (secondary N) is 1. The Morgan fingerprint density at radius 1 is 1.08 bits per heavy atom. The number of nitrogens with zero attached hydrogens (tertiary/aromatic N) is 1. The first-order valence-corrected chi connectivity index (χ1v) is 5.12. The van der Waals surface area contributed by atoms with Crippen molar-refractivity contribution in [2.24, 2.45) is 0 Å². The second-order valence-corrected chi connectivity index (χ2v) is 1.92. The van der Waals surface area contributed by atoms with Gasteiger partial charge in [-0.1, -0.05) is 12.1 Å². The molecule has 0 radical (unpaired) electrons. The zero-order valence-corrected chi connectivity index (χ0v) is 9.10. The highest BCUT2D eigenvalue weighted by atomic mass is 35.5. The van der Waals surface area contributed by atoms with E-state index in [0.29, 0.717) is 0 Å². The zero-order valence-electron chi connectivity index (χ0n) is 7.59. The van der Waals surface area contributed by atoms with Gasteiger partial charge in [0.1, 0.15) is 0 Å². The molecule has 1 N–H and O–H groups in total. The minimum Gasteiger partial charge on any atom is -0.345 e. The smallest absolute Gasteiger partial charge is 0.0931 e. The van der Waals surface area contributed by atoms with E-state index >= 15 is 0 Å². The van der Waals surface area contributed by atoms with Gasteiger partial charge in [-0.2, -0.15) is 0 Å². The number of rotatable bonds is 0. The van der Waals surface area contributed by atoms with Gasteiger partial charge in [0.2, 0.25) is 0 Å². The summed E-state index contributed by atoms with van der Waals surface area (Å²) < 4.78 is 0. The SMILES string of the molecule is CCl.CCl.c1ccc2[nH]cnc2c1. The maximum absolute atomic E-state index is 4.64. The van der Waals surface area contributed by atoms with E-state index in [2.05, 4.69) is 33.2 Å². The topological polar surface area (TPSA) is 28.7 Å². The molecular weight excluding hydrogens is 207 g/mol. The number of H-pyrrole nitrogens is 1. The quantitative estimate of drug-likeness (QED) is 0.676. The maximum Gasteiger partial charge on any atom is 0.0931 e.